The zero-order valence-corrected chi connectivity index (χ0v) is 16.4. The highest BCUT2D eigenvalue weighted by molar-refractivity contribution is 5.94. The van der Waals surface area contributed by atoms with Crippen molar-refractivity contribution in [3.8, 4) is 5.69 Å². The average Bonchev–Trinajstić information content (AvgIpc) is 2.80. The number of nitrogens with zero attached hydrogens (tertiary/aromatic N) is 2. The van der Waals surface area contributed by atoms with E-state index in [9.17, 15) is 9.59 Å². The molecular formula is C25H21N3O2. The molecule has 0 spiro atoms. The van der Waals surface area contributed by atoms with E-state index in [2.05, 4.69) is 22.4 Å². The van der Waals surface area contributed by atoms with Gasteiger partial charge in [0, 0.05) is 5.56 Å². The highest BCUT2D eigenvalue weighted by Gasteiger charge is 2.21. The molecular weight excluding hydrogens is 374 g/mol. The van der Waals surface area contributed by atoms with E-state index in [1.54, 1.807) is 30.3 Å². The summed E-state index contributed by atoms with van der Waals surface area (Å²) in [6, 6.07) is 22.7. The molecule has 1 N–H and O–H groups in total. The van der Waals surface area contributed by atoms with Crippen molar-refractivity contribution in [2.45, 2.75) is 25.3 Å². The number of hydrogen-bond donors (Lipinski definition) is 1. The van der Waals surface area contributed by atoms with Crippen molar-refractivity contribution in [3.63, 3.8) is 0 Å². The van der Waals surface area contributed by atoms with Crippen LogP contribution in [0.15, 0.2) is 83.9 Å². The molecule has 0 radical (unpaired) electrons. The fraction of sp³-hybridized carbons (Fsp3) is 0.160. The molecule has 0 saturated heterocycles. The molecule has 1 aliphatic carbocycles. The van der Waals surface area contributed by atoms with Crippen molar-refractivity contribution < 1.29 is 4.79 Å². The van der Waals surface area contributed by atoms with E-state index in [1.807, 2.05) is 30.3 Å². The van der Waals surface area contributed by atoms with Crippen molar-refractivity contribution >= 4 is 16.8 Å². The van der Waals surface area contributed by atoms with Gasteiger partial charge in [0.1, 0.15) is 6.33 Å². The third-order valence-corrected chi connectivity index (χ3v) is 5.75. The number of fused-ring (bicyclic) bond motifs is 2. The summed E-state index contributed by atoms with van der Waals surface area (Å²) in [4.78, 5) is 29.9. The fourth-order valence-electron chi connectivity index (χ4n) is 4.17. The van der Waals surface area contributed by atoms with Crippen LogP contribution in [0.4, 0.5) is 0 Å². The molecule has 1 amide bonds. The molecule has 5 rings (SSSR count). The lowest BCUT2D eigenvalue weighted by atomic mass is 9.87. The third-order valence-electron chi connectivity index (χ3n) is 5.75. The Morgan fingerprint density at radius 3 is 2.60 bits per heavy atom. The largest absolute Gasteiger partial charge is 0.345 e. The van der Waals surface area contributed by atoms with Gasteiger partial charge in [-0.1, -0.05) is 36.4 Å². The minimum Gasteiger partial charge on any atom is -0.345 e. The summed E-state index contributed by atoms with van der Waals surface area (Å²) in [6.07, 6.45) is 4.60. The van der Waals surface area contributed by atoms with Gasteiger partial charge in [0.2, 0.25) is 0 Å². The molecule has 1 atom stereocenters. The number of carbonyl (C=O) groups is 1. The van der Waals surface area contributed by atoms with Gasteiger partial charge in [-0.25, -0.2) is 4.98 Å². The Hall–Kier alpha value is -3.73. The summed E-state index contributed by atoms with van der Waals surface area (Å²) < 4.78 is 1.50. The van der Waals surface area contributed by atoms with E-state index in [4.69, 9.17) is 0 Å². The summed E-state index contributed by atoms with van der Waals surface area (Å²) in [7, 11) is 0. The molecule has 0 aliphatic heterocycles. The number of carbonyl (C=O) groups excluding carboxylic acids is 1. The maximum absolute atomic E-state index is 12.8. The lowest BCUT2D eigenvalue weighted by molar-refractivity contribution is 0.0933. The van der Waals surface area contributed by atoms with Crippen LogP contribution in [0.25, 0.3) is 16.6 Å². The van der Waals surface area contributed by atoms with Crippen molar-refractivity contribution in [2.24, 2.45) is 0 Å². The van der Waals surface area contributed by atoms with Crippen LogP contribution >= 0.6 is 0 Å². The first-order valence-electron chi connectivity index (χ1n) is 10.2. The number of rotatable bonds is 3. The Labute approximate surface area is 174 Å². The number of aromatic nitrogens is 2. The first kappa shape index (κ1) is 18.3. The van der Waals surface area contributed by atoms with Gasteiger partial charge >= 0.3 is 0 Å². The molecule has 5 heteroatoms. The lowest BCUT2D eigenvalue weighted by Gasteiger charge is -2.26. The maximum Gasteiger partial charge on any atom is 0.265 e. The summed E-state index contributed by atoms with van der Waals surface area (Å²) in [6.45, 7) is 0. The molecule has 0 bridgehead atoms. The fourth-order valence-corrected chi connectivity index (χ4v) is 4.17. The van der Waals surface area contributed by atoms with E-state index >= 15 is 0 Å². The van der Waals surface area contributed by atoms with Gasteiger partial charge in [-0.2, -0.15) is 0 Å². The molecule has 1 heterocycles. The number of amides is 1. The summed E-state index contributed by atoms with van der Waals surface area (Å²) in [5, 5.41) is 3.73. The van der Waals surface area contributed by atoms with Crippen LogP contribution in [0.1, 0.15) is 40.4 Å². The van der Waals surface area contributed by atoms with Gasteiger partial charge in [0.25, 0.3) is 11.5 Å². The van der Waals surface area contributed by atoms with Crippen molar-refractivity contribution in [1.82, 2.24) is 14.9 Å². The van der Waals surface area contributed by atoms with Crippen LogP contribution in [-0.4, -0.2) is 15.5 Å². The molecule has 4 aromatic rings. The zero-order valence-electron chi connectivity index (χ0n) is 16.4. The van der Waals surface area contributed by atoms with Gasteiger partial charge in [-0.15, -0.1) is 0 Å². The van der Waals surface area contributed by atoms with Gasteiger partial charge in [-0.3, -0.25) is 14.2 Å². The van der Waals surface area contributed by atoms with E-state index < -0.39 is 0 Å². The predicted molar refractivity (Wildman–Crippen MR) is 117 cm³/mol. The topological polar surface area (TPSA) is 64.0 Å². The van der Waals surface area contributed by atoms with E-state index in [-0.39, 0.29) is 17.5 Å². The Kier molecular flexibility index (Phi) is 4.64. The van der Waals surface area contributed by atoms with Crippen molar-refractivity contribution in [2.75, 3.05) is 0 Å². The Balaban J connectivity index is 1.39. The second-order valence-electron chi connectivity index (χ2n) is 7.60. The molecule has 1 aliphatic rings. The highest BCUT2D eigenvalue weighted by atomic mass is 16.1. The van der Waals surface area contributed by atoms with Crippen LogP contribution in [0.3, 0.4) is 0 Å². The van der Waals surface area contributed by atoms with E-state index in [1.165, 1.54) is 22.0 Å². The van der Waals surface area contributed by atoms with Crippen LogP contribution in [0.5, 0.6) is 0 Å². The normalized spacial score (nSPS) is 15.5. The van der Waals surface area contributed by atoms with E-state index in [0.717, 1.165) is 19.3 Å². The number of benzene rings is 3. The van der Waals surface area contributed by atoms with E-state index in [0.29, 0.717) is 22.2 Å². The average molecular weight is 395 g/mol. The molecule has 30 heavy (non-hydrogen) atoms. The molecule has 0 fully saturated rings. The smallest absolute Gasteiger partial charge is 0.265 e. The molecule has 148 valence electrons. The maximum atomic E-state index is 12.8. The molecule has 0 saturated carbocycles. The molecule has 3 aromatic carbocycles. The first-order valence-corrected chi connectivity index (χ1v) is 10.2. The number of aryl methyl sites for hydroxylation is 1. The quantitative estimate of drug-likeness (QED) is 0.566. The summed E-state index contributed by atoms with van der Waals surface area (Å²) >= 11 is 0. The van der Waals surface area contributed by atoms with Gasteiger partial charge < -0.3 is 5.32 Å². The Morgan fingerprint density at radius 2 is 1.73 bits per heavy atom. The van der Waals surface area contributed by atoms with Crippen LogP contribution < -0.4 is 10.9 Å². The Morgan fingerprint density at radius 1 is 0.967 bits per heavy atom. The van der Waals surface area contributed by atoms with Crippen molar-refractivity contribution in [3.05, 3.63) is 106 Å². The predicted octanol–water partition coefficient (Wildman–Crippen LogP) is 4.19. The number of nitrogens with one attached hydrogen (secondary N) is 1. The van der Waals surface area contributed by atoms with Crippen LogP contribution in [-0.2, 0) is 6.42 Å². The summed E-state index contributed by atoms with van der Waals surface area (Å²) in [5.41, 5.74) is 4.32. The first-order chi connectivity index (χ1) is 14.7. The third kappa shape index (κ3) is 3.28. The minimum absolute atomic E-state index is 0.0365. The lowest BCUT2D eigenvalue weighted by Crippen LogP contribution is -2.31. The number of hydrogen-bond acceptors (Lipinski definition) is 3. The monoisotopic (exact) mass is 395 g/mol. The van der Waals surface area contributed by atoms with Gasteiger partial charge in [0.05, 0.1) is 22.6 Å². The number of para-hydroxylation sites is 1. The Bertz CT molecular complexity index is 1290. The molecule has 5 nitrogen and oxygen atoms in total. The van der Waals surface area contributed by atoms with Gasteiger partial charge in [0.15, 0.2) is 0 Å². The highest BCUT2D eigenvalue weighted by Crippen LogP contribution is 2.29. The molecule has 0 unspecified atom stereocenters. The van der Waals surface area contributed by atoms with Crippen molar-refractivity contribution in [1.29, 1.82) is 0 Å². The summed E-state index contributed by atoms with van der Waals surface area (Å²) in [5.74, 6) is -0.104. The minimum atomic E-state index is -0.128. The van der Waals surface area contributed by atoms with Crippen LogP contribution in [0, 0.1) is 0 Å². The zero-order chi connectivity index (χ0) is 20.5. The van der Waals surface area contributed by atoms with Crippen LogP contribution in [0.2, 0.25) is 0 Å². The molecule has 1 aromatic heterocycles. The second-order valence-corrected chi connectivity index (χ2v) is 7.60. The standard InChI is InChI=1S/C25H21N3O2/c29-24(27-23-11-5-7-17-6-1-2-8-20(17)23)18-12-14-19(15-13-18)28-16-26-22-10-4-3-9-21(22)25(28)30/h1-4,6,8-10,12-16,23H,5,7,11H2,(H,27,29)/t23-/m0/s1. The van der Waals surface area contributed by atoms with Gasteiger partial charge in [-0.05, 0) is 66.8 Å². The second kappa shape index (κ2) is 7.59. The SMILES string of the molecule is O=C(N[C@H]1CCCc2ccccc21)c1ccc(-n2cnc3ccccc3c2=O)cc1.